The first kappa shape index (κ1) is 15.6. The summed E-state index contributed by atoms with van der Waals surface area (Å²) in [7, 11) is 0. The van der Waals surface area contributed by atoms with E-state index < -0.39 is 0 Å². The Morgan fingerprint density at radius 1 is 1.24 bits per heavy atom. The number of nitrogens with zero attached hydrogens (tertiary/aromatic N) is 6. The van der Waals surface area contributed by atoms with Gasteiger partial charge in [0, 0.05) is 37.6 Å². The van der Waals surface area contributed by atoms with Crippen molar-refractivity contribution in [1.29, 1.82) is 0 Å². The van der Waals surface area contributed by atoms with Crippen LogP contribution in [0.3, 0.4) is 0 Å². The van der Waals surface area contributed by atoms with E-state index in [1.54, 1.807) is 27.9 Å². The Bertz CT molecular complexity index is 866. The van der Waals surface area contributed by atoms with Crippen LogP contribution >= 0.6 is 0 Å². The van der Waals surface area contributed by atoms with Gasteiger partial charge in [-0.3, -0.25) is 4.79 Å². The molecule has 1 aliphatic heterocycles. The molecule has 8 nitrogen and oxygen atoms in total. The molecule has 1 fully saturated rings. The van der Waals surface area contributed by atoms with Gasteiger partial charge in [0.1, 0.15) is 12.0 Å². The number of ether oxygens (including phenoxy) is 1. The highest BCUT2D eigenvalue weighted by Crippen LogP contribution is 2.15. The highest BCUT2D eigenvalue weighted by atomic mass is 16.5. The summed E-state index contributed by atoms with van der Waals surface area (Å²) >= 11 is 0. The van der Waals surface area contributed by atoms with E-state index in [4.69, 9.17) is 4.74 Å². The molecule has 1 aliphatic rings. The molecule has 4 heterocycles. The van der Waals surface area contributed by atoms with Gasteiger partial charge in [-0.05, 0) is 24.6 Å². The highest BCUT2D eigenvalue weighted by molar-refractivity contribution is 5.92. The third-order valence-corrected chi connectivity index (χ3v) is 4.23. The summed E-state index contributed by atoms with van der Waals surface area (Å²) in [5, 5.41) is 4.56. The molecule has 0 radical (unpaired) electrons. The van der Waals surface area contributed by atoms with Gasteiger partial charge < -0.3 is 9.64 Å². The van der Waals surface area contributed by atoms with Crippen LogP contribution in [0.2, 0.25) is 0 Å². The van der Waals surface area contributed by atoms with Gasteiger partial charge in [0.15, 0.2) is 5.65 Å². The van der Waals surface area contributed by atoms with Gasteiger partial charge in [0.25, 0.3) is 5.91 Å². The molecule has 0 spiro atoms. The number of hydrogen-bond acceptors (Lipinski definition) is 6. The fourth-order valence-electron chi connectivity index (χ4n) is 3.03. The topological polar surface area (TPSA) is 85.5 Å². The molecule has 0 unspecified atom stereocenters. The standard InChI is InChI=1S/C17H18N6O2/c24-17(15-3-4-18-12-20-15)22-7-8-25-11-13(10-22)9-14-1-2-16-19-5-6-23(16)21-14/h1-6,12-13H,7-11H2/t13-/m1/s1. The molecule has 8 heteroatoms. The molecule has 0 aromatic carbocycles. The summed E-state index contributed by atoms with van der Waals surface area (Å²) in [4.78, 5) is 26.6. The second kappa shape index (κ2) is 6.94. The van der Waals surface area contributed by atoms with E-state index in [1.807, 2.05) is 18.3 Å². The third-order valence-electron chi connectivity index (χ3n) is 4.23. The van der Waals surface area contributed by atoms with Crippen LogP contribution in [-0.2, 0) is 11.2 Å². The predicted molar refractivity (Wildman–Crippen MR) is 88.9 cm³/mol. The Morgan fingerprint density at radius 3 is 3.08 bits per heavy atom. The Labute approximate surface area is 144 Å². The monoisotopic (exact) mass is 338 g/mol. The van der Waals surface area contributed by atoms with Gasteiger partial charge in [-0.15, -0.1) is 0 Å². The van der Waals surface area contributed by atoms with Crippen molar-refractivity contribution in [3.05, 3.63) is 54.5 Å². The van der Waals surface area contributed by atoms with Crippen molar-refractivity contribution in [3.8, 4) is 0 Å². The quantitative estimate of drug-likeness (QED) is 0.704. The normalized spacial score (nSPS) is 18.2. The molecule has 1 atom stereocenters. The van der Waals surface area contributed by atoms with E-state index in [-0.39, 0.29) is 11.8 Å². The molecular weight excluding hydrogens is 320 g/mol. The van der Waals surface area contributed by atoms with Crippen LogP contribution < -0.4 is 0 Å². The fraction of sp³-hybridized carbons (Fsp3) is 0.353. The minimum Gasteiger partial charge on any atom is -0.379 e. The van der Waals surface area contributed by atoms with E-state index >= 15 is 0 Å². The minimum atomic E-state index is -0.0871. The van der Waals surface area contributed by atoms with Crippen LogP contribution in [0.1, 0.15) is 16.2 Å². The smallest absolute Gasteiger partial charge is 0.272 e. The number of hydrogen-bond donors (Lipinski definition) is 0. The zero-order valence-corrected chi connectivity index (χ0v) is 13.7. The van der Waals surface area contributed by atoms with Crippen LogP contribution in [0.15, 0.2) is 43.1 Å². The van der Waals surface area contributed by atoms with Gasteiger partial charge in [-0.1, -0.05) is 0 Å². The van der Waals surface area contributed by atoms with Crippen LogP contribution in [0.5, 0.6) is 0 Å². The third kappa shape index (κ3) is 3.48. The largest absolute Gasteiger partial charge is 0.379 e. The average molecular weight is 338 g/mol. The molecule has 3 aromatic rings. The SMILES string of the molecule is O=C(c1ccncn1)N1CCOC[C@H](Cc2ccc3nccn3n2)C1. The Balaban J connectivity index is 1.48. The van der Waals surface area contributed by atoms with Crippen LogP contribution in [0, 0.1) is 5.92 Å². The van der Waals surface area contributed by atoms with Crippen molar-refractivity contribution in [2.24, 2.45) is 5.92 Å². The first-order valence-electron chi connectivity index (χ1n) is 8.22. The number of fused-ring (bicyclic) bond motifs is 1. The molecule has 0 bridgehead atoms. The maximum atomic E-state index is 12.6. The number of rotatable bonds is 3. The molecule has 25 heavy (non-hydrogen) atoms. The van der Waals surface area contributed by atoms with E-state index in [2.05, 4.69) is 20.1 Å². The molecule has 0 aliphatic carbocycles. The summed E-state index contributed by atoms with van der Waals surface area (Å²) < 4.78 is 7.46. The lowest BCUT2D eigenvalue weighted by molar-refractivity contribution is 0.0731. The summed E-state index contributed by atoms with van der Waals surface area (Å²) in [6.45, 7) is 2.32. The first-order valence-corrected chi connectivity index (χ1v) is 8.22. The van der Waals surface area contributed by atoms with Crippen molar-refractivity contribution >= 4 is 11.6 Å². The van der Waals surface area contributed by atoms with Gasteiger partial charge in [-0.2, -0.15) is 5.10 Å². The van der Waals surface area contributed by atoms with E-state index in [9.17, 15) is 4.79 Å². The maximum Gasteiger partial charge on any atom is 0.272 e. The second-order valence-corrected chi connectivity index (χ2v) is 6.05. The minimum absolute atomic E-state index is 0.0871. The molecule has 128 valence electrons. The first-order chi connectivity index (χ1) is 12.3. The fourth-order valence-corrected chi connectivity index (χ4v) is 3.03. The van der Waals surface area contributed by atoms with Crippen molar-refractivity contribution in [2.75, 3.05) is 26.3 Å². The summed E-state index contributed by atoms with van der Waals surface area (Å²) in [6, 6.07) is 5.56. The summed E-state index contributed by atoms with van der Waals surface area (Å²) in [5.41, 5.74) is 2.19. The number of carbonyl (C=O) groups excluding carboxylic acids is 1. The van der Waals surface area contributed by atoms with Gasteiger partial charge in [0.05, 0.1) is 18.9 Å². The summed E-state index contributed by atoms with van der Waals surface area (Å²) in [5.74, 6) is 0.0951. The van der Waals surface area contributed by atoms with E-state index in [0.29, 0.717) is 32.0 Å². The van der Waals surface area contributed by atoms with Crippen LogP contribution in [0.4, 0.5) is 0 Å². The Kier molecular flexibility index (Phi) is 4.34. The van der Waals surface area contributed by atoms with E-state index in [1.165, 1.54) is 6.33 Å². The predicted octanol–water partition coefficient (Wildman–Crippen LogP) is 0.851. The molecule has 0 saturated carbocycles. The number of aromatic nitrogens is 5. The molecule has 1 amide bonds. The van der Waals surface area contributed by atoms with Gasteiger partial charge in [0.2, 0.25) is 0 Å². The Morgan fingerprint density at radius 2 is 2.20 bits per heavy atom. The van der Waals surface area contributed by atoms with Crippen molar-refractivity contribution in [1.82, 2.24) is 29.5 Å². The van der Waals surface area contributed by atoms with Gasteiger partial charge >= 0.3 is 0 Å². The molecule has 1 saturated heterocycles. The van der Waals surface area contributed by atoms with Gasteiger partial charge in [-0.25, -0.2) is 19.5 Å². The Hall–Kier alpha value is -2.87. The highest BCUT2D eigenvalue weighted by Gasteiger charge is 2.24. The van der Waals surface area contributed by atoms with Crippen molar-refractivity contribution in [2.45, 2.75) is 6.42 Å². The van der Waals surface area contributed by atoms with Crippen molar-refractivity contribution < 1.29 is 9.53 Å². The zero-order chi connectivity index (χ0) is 17.1. The lowest BCUT2D eigenvalue weighted by Crippen LogP contribution is -2.37. The lowest BCUT2D eigenvalue weighted by Gasteiger charge is -2.23. The average Bonchev–Trinajstić information content (AvgIpc) is 2.99. The maximum absolute atomic E-state index is 12.6. The number of amides is 1. The molecule has 4 rings (SSSR count). The van der Waals surface area contributed by atoms with E-state index in [0.717, 1.165) is 17.8 Å². The van der Waals surface area contributed by atoms with Crippen LogP contribution in [0.25, 0.3) is 5.65 Å². The number of imidazole rings is 1. The summed E-state index contributed by atoms with van der Waals surface area (Å²) in [6.07, 6.45) is 7.26. The lowest BCUT2D eigenvalue weighted by atomic mass is 10.0. The van der Waals surface area contributed by atoms with Crippen LogP contribution in [-0.4, -0.2) is 61.7 Å². The van der Waals surface area contributed by atoms with Crippen molar-refractivity contribution in [3.63, 3.8) is 0 Å². The molecule has 3 aromatic heterocycles. The second-order valence-electron chi connectivity index (χ2n) is 6.05. The zero-order valence-electron chi connectivity index (χ0n) is 13.7. The molecule has 0 N–H and O–H groups in total. The number of carbonyl (C=O) groups is 1. The molecular formula is C17H18N6O2.